The number of aromatic nitrogens is 2. The van der Waals surface area contributed by atoms with Crippen LogP contribution in [0.15, 0.2) is 6.07 Å². The SMILES string of the molecule is COCC(C)(C)c1nc(Cl)cc(C(=O)O)n1. The van der Waals surface area contributed by atoms with Gasteiger partial charge >= 0.3 is 5.97 Å². The molecule has 0 aliphatic heterocycles. The van der Waals surface area contributed by atoms with Crippen LogP contribution in [0.4, 0.5) is 0 Å². The van der Waals surface area contributed by atoms with Gasteiger partial charge < -0.3 is 9.84 Å². The molecule has 0 radical (unpaired) electrons. The van der Waals surface area contributed by atoms with Gasteiger partial charge in [-0.1, -0.05) is 25.4 Å². The molecule has 0 bridgehead atoms. The van der Waals surface area contributed by atoms with Crippen LogP contribution < -0.4 is 0 Å². The molecular formula is C10H13ClN2O3. The van der Waals surface area contributed by atoms with Crippen LogP contribution in [0.5, 0.6) is 0 Å². The molecule has 0 fully saturated rings. The molecule has 0 saturated heterocycles. The molecule has 0 saturated carbocycles. The highest BCUT2D eigenvalue weighted by Gasteiger charge is 2.25. The van der Waals surface area contributed by atoms with Crippen LogP contribution >= 0.6 is 11.6 Å². The average molecular weight is 245 g/mol. The van der Waals surface area contributed by atoms with Crippen LogP contribution in [-0.4, -0.2) is 34.8 Å². The lowest BCUT2D eigenvalue weighted by molar-refractivity contribution is 0.0688. The summed E-state index contributed by atoms with van der Waals surface area (Å²) in [6.07, 6.45) is 0. The standard InChI is InChI=1S/C10H13ClN2O3/c1-10(2,5-16-3)9-12-6(8(14)15)4-7(11)13-9/h4H,5H2,1-3H3,(H,14,15). The van der Waals surface area contributed by atoms with E-state index in [1.807, 2.05) is 13.8 Å². The highest BCUT2D eigenvalue weighted by Crippen LogP contribution is 2.21. The number of nitrogens with zero attached hydrogens (tertiary/aromatic N) is 2. The minimum absolute atomic E-state index is 0.112. The van der Waals surface area contributed by atoms with E-state index in [1.54, 1.807) is 7.11 Å². The molecule has 1 aromatic heterocycles. The number of aromatic carboxylic acids is 1. The molecule has 0 aliphatic carbocycles. The molecule has 0 aromatic carbocycles. The van der Waals surface area contributed by atoms with Crippen molar-refractivity contribution in [3.8, 4) is 0 Å². The van der Waals surface area contributed by atoms with E-state index < -0.39 is 11.4 Å². The molecular weight excluding hydrogens is 232 g/mol. The van der Waals surface area contributed by atoms with Gasteiger partial charge in [-0.3, -0.25) is 0 Å². The van der Waals surface area contributed by atoms with E-state index in [2.05, 4.69) is 9.97 Å². The first-order valence-corrected chi connectivity index (χ1v) is 5.02. The molecule has 16 heavy (non-hydrogen) atoms. The Bertz CT molecular complexity index is 407. The number of hydrogen-bond acceptors (Lipinski definition) is 4. The first kappa shape index (κ1) is 12.9. The van der Waals surface area contributed by atoms with Crippen molar-refractivity contribution in [3.63, 3.8) is 0 Å². The summed E-state index contributed by atoms with van der Waals surface area (Å²) in [4.78, 5) is 18.8. The Morgan fingerprint density at radius 1 is 1.56 bits per heavy atom. The topological polar surface area (TPSA) is 72.3 Å². The van der Waals surface area contributed by atoms with Crippen LogP contribution in [0.25, 0.3) is 0 Å². The summed E-state index contributed by atoms with van der Waals surface area (Å²) in [6, 6.07) is 1.22. The minimum atomic E-state index is -1.13. The second-order valence-corrected chi connectivity index (χ2v) is 4.41. The highest BCUT2D eigenvalue weighted by molar-refractivity contribution is 6.29. The number of carbonyl (C=O) groups is 1. The van der Waals surface area contributed by atoms with Crippen molar-refractivity contribution in [2.75, 3.05) is 13.7 Å². The molecule has 6 heteroatoms. The Kier molecular flexibility index (Phi) is 3.83. The molecule has 1 heterocycles. The van der Waals surface area contributed by atoms with Gasteiger partial charge in [0, 0.05) is 18.6 Å². The van der Waals surface area contributed by atoms with Crippen molar-refractivity contribution in [2.45, 2.75) is 19.3 Å². The van der Waals surface area contributed by atoms with Gasteiger partial charge in [0.2, 0.25) is 0 Å². The van der Waals surface area contributed by atoms with Gasteiger partial charge in [0.15, 0.2) is 5.69 Å². The number of hydrogen-bond donors (Lipinski definition) is 1. The monoisotopic (exact) mass is 244 g/mol. The average Bonchev–Trinajstić information content (AvgIpc) is 2.16. The molecule has 88 valence electrons. The Morgan fingerprint density at radius 3 is 2.69 bits per heavy atom. The summed E-state index contributed by atoms with van der Waals surface area (Å²) in [5.41, 5.74) is -0.594. The van der Waals surface area contributed by atoms with Gasteiger partial charge in [-0.05, 0) is 0 Å². The fraction of sp³-hybridized carbons (Fsp3) is 0.500. The number of carboxylic acid groups (broad SMARTS) is 1. The fourth-order valence-corrected chi connectivity index (χ4v) is 1.44. The zero-order valence-corrected chi connectivity index (χ0v) is 10.1. The molecule has 1 rings (SSSR count). The molecule has 5 nitrogen and oxygen atoms in total. The summed E-state index contributed by atoms with van der Waals surface area (Å²) < 4.78 is 5.03. The molecule has 1 aromatic rings. The van der Waals surface area contributed by atoms with Crippen molar-refractivity contribution >= 4 is 17.6 Å². The maximum atomic E-state index is 10.8. The highest BCUT2D eigenvalue weighted by atomic mass is 35.5. The fourth-order valence-electron chi connectivity index (χ4n) is 1.26. The van der Waals surface area contributed by atoms with Crippen LogP contribution in [0.3, 0.4) is 0 Å². The van der Waals surface area contributed by atoms with Gasteiger partial charge in [-0.25, -0.2) is 14.8 Å². The minimum Gasteiger partial charge on any atom is -0.477 e. The second kappa shape index (κ2) is 4.76. The molecule has 0 amide bonds. The molecule has 1 N–H and O–H groups in total. The molecule has 0 aliphatic rings. The third kappa shape index (κ3) is 2.90. The Hall–Kier alpha value is -1.20. The predicted octanol–water partition coefficient (Wildman–Crippen LogP) is 1.75. The van der Waals surface area contributed by atoms with Crippen molar-refractivity contribution in [2.24, 2.45) is 0 Å². The number of rotatable bonds is 4. The largest absolute Gasteiger partial charge is 0.477 e. The normalized spacial score (nSPS) is 11.5. The van der Waals surface area contributed by atoms with Gasteiger partial charge in [0.1, 0.15) is 11.0 Å². The third-order valence-electron chi connectivity index (χ3n) is 2.02. The van der Waals surface area contributed by atoms with Crippen molar-refractivity contribution < 1.29 is 14.6 Å². The third-order valence-corrected chi connectivity index (χ3v) is 2.22. The van der Waals surface area contributed by atoms with Gasteiger partial charge in [0.05, 0.1) is 6.61 Å². The molecule has 0 unspecified atom stereocenters. The smallest absolute Gasteiger partial charge is 0.354 e. The summed E-state index contributed by atoms with van der Waals surface area (Å²) in [5, 5.41) is 8.97. The summed E-state index contributed by atoms with van der Waals surface area (Å²) in [7, 11) is 1.56. The molecule has 0 atom stereocenters. The number of methoxy groups -OCH3 is 1. The summed E-state index contributed by atoms with van der Waals surface area (Å²) >= 11 is 5.75. The van der Waals surface area contributed by atoms with E-state index in [-0.39, 0.29) is 10.8 Å². The quantitative estimate of drug-likeness (QED) is 0.817. The van der Waals surface area contributed by atoms with Crippen molar-refractivity contribution in [1.82, 2.24) is 9.97 Å². The zero-order chi connectivity index (χ0) is 12.3. The Labute approximate surface area is 98.4 Å². The lowest BCUT2D eigenvalue weighted by Gasteiger charge is -2.21. The summed E-state index contributed by atoms with van der Waals surface area (Å²) in [5.74, 6) is -0.766. The second-order valence-electron chi connectivity index (χ2n) is 4.02. The van der Waals surface area contributed by atoms with E-state index in [0.717, 1.165) is 0 Å². The first-order valence-electron chi connectivity index (χ1n) is 4.64. The van der Waals surface area contributed by atoms with E-state index in [0.29, 0.717) is 12.4 Å². The Morgan fingerprint density at radius 2 is 2.19 bits per heavy atom. The number of carboxylic acids is 1. The first-order chi connectivity index (χ1) is 7.36. The number of halogens is 1. The lowest BCUT2D eigenvalue weighted by Crippen LogP contribution is -2.27. The van der Waals surface area contributed by atoms with E-state index >= 15 is 0 Å². The van der Waals surface area contributed by atoms with Crippen molar-refractivity contribution in [1.29, 1.82) is 0 Å². The Balaban J connectivity index is 3.19. The van der Waals surface area contributed by atoms with E-state index in [4.69, 9.17) is 21.4 Å². The summed E-state index contributed by atoms with van der Waals surface area (Å²) in [6.45, 7) is 4.09. The van der Waals surface area contributed by atoms with Crippen LogP contribution in [0.1, 0.15) is 30.2 Å². The zero-order valence-electron chi connectivity index (χ0n) is 9.32. The maximum Gasteiger partial charge on any atom is 0.354 e. The van der Waals surface area contributed by atoms with E-state index in [9.17, 15) is 4.79 Å². The van der Waals surface area contributed by atoms with Gasteiger partial charge in [-0.2, -0.15) is 0 Å². The van der Waals surface area contributed by atoms with Crippen LogP contribution in [-0.2, 0) is 10.2 Å². The van der Waals surface area contributed by atoms with Crippen molar-refractivity contribution in [3.05, 3.63) is 22.7 Å². The lowest BCUT2D eigenvalue weighted by atomic mass is 9.93. The van der Waals surface area contributed by atoms with Gasteiger partial charge in [-0.15, -0.1) is 0 Å². The van der Waals surface area contributed by atoms with E-state index in [1.165, 1.54) is 6.07 Å². The maximum absolute atomic E-state index is 10.8. The van der Waals surface area contributed by atoms with Crippen LogP contribution in [0, 0.1) is 0 Å². The van der Waals surface area contributed by atoms with Crippen LogP contribution in [0.2, 0.25) is 5.15 Å². The molecule has 0 spiro atoms. The predicted molar refractivity (Wildman–Crippen MR) is 58.9 cm³/mol. The number of ether oxygens (including phenoxy) is 1. The van der Waals surface area contributed by atoms with Gasteiger partial charge in [0.25, 0.3) is 0 Å².